The molecule has 0 bridgehead atoms. The molecule has 1 N–H and O–H groups in total. The molecule has 0 spiro atoms. The number of aliphatic hydroxyl groups is 1. The lowest BCUT2D eigenvalue weighted by Crippen LogP contribution is -2.00. The highest BCUT2D eigenvalue weighted by Crippen LogP contribution is 2.35. The molecule has 17 heavy (non-hydrogen) atoms. The number of rotatable bonds is 2. The summed E-state index contributed by atoms with van der Waals surface area (Å²) in [6, 6.07) is 7.48. The number of hydrogen-bond acceptors (Lipinski definition) is 2. The minimum Gasteiger partial charge on any atom is -0.384 e. The van der Waals surface area contributed by atoms with Crippen LogP contribution in [0.25, 0.3) is 0 Å². The van der Waals surface area contributed by atoms with Crippen molar-refractivity contribution in [2.45, 2.75) is 20.0 Å². The summed E-state index contributed by atoms with van der Waals surface area (Å²) in [7, 11) is 0. The maximum Gasteiger partial charge on any atom is 0.106 e. The molecule has 0 aliphatic rings. The third-order valence-corrected chi connectivity index (χ3v) is 4.57. The van der Waals surface area contributed by atoms with E-state index in [1.165, 1.54) is 4.88 Å². The molecule has 1 atom stereocenters. The van der Waals surface area contributed by atoms with Gasteiger partial charge in [0.15, 0.2) is 0 Å². The topological polar surface area (TPSA) is 20.2 Å². The first-order valence-corrected chi connectivity index (χ1v) is 7.17. The fraction of sp³-hybridized carbons (Fsp3) is 0.231. The first-order chi connectivity index (χ1) is 7.99. The number of halogens is 2. The van der Waals surface area contributed by atoms with Gasteiger partial charge in [-0.2, -0.15) is 0 Å². The summed E-state index contributed by atoms with van der Waals surface area (Å²) in [5.74, 6) is 0. The lowest BCUT2D eigenvalue weighted by molar-refractivity contribution is 0.219. The molecule has 0 radical (unpaired) electrons. The molecular formula is C13H12BrClOS. The SMILES string of the molecule is Cc1cc(C(O)c2cc(Cl)ccc2Br)c(C)s1. The zero-order chi connectivity index (χ0) is 12.6. The van der Waals surface area contributed by atoms with Gasteiger partial charge >= 0.3 is 0 Å². The van der Waals surface area contributed by atoms with E-state index < -0.39 is 6.10 Å². The Bertz CT molecular complexity index is 550. The summed E-state index contributed by atoms with van der Waals surface area (Å²) < 4.78 is 0.873. The van der Waals surface area contributed by atoms with Gasteiger partial charge in [0.25, 0.3) is 0 Å². The van der Waals surface area contributed by atoms with Crippen LogP contribution in [0.5, 0.6) is 0 Å². The zero-order valence-electron chi connectivity index (χ0n) is 9.50. The average molecular weight is 332 g/mol. The van der Waals surface area contributed by atoms with Crippen LogP contribution in [0.4, 0.5) is 0 Å². The molecule has 1 unspecified atom stereocenters. The molecule has 2 aromatic rings. The third-order valence-electron chi connectivity index (χ3n) is 2.63. The lowest BCUT2D eigenvalue weighted by Gasteiger charge is -2.13. The number of hydrogen-bond donors (Lipinski definition) is 1. The van der Waals surface area contributed by atoms with E-state index in [1.807, 2.05) is 26.0 Å². The van der Waals surface area contributed by atoms with E-state index in [1.54, 1.807) is 23.5 Å². The zero-order valence-corrected chi connectivity index (χ0v) is 12.7. The molecule has 1 nitrogen and oxygen atoms in total. The van der Waals surface area contributed by atoms with E-state index in [0.717, 1.165) is 20.5 Å². The minimum absolute atomic E-state index is 0.631. The highest BCUT2D eigenvalue weighted by Gasteiger charge is 2.17. The average Bonchev–Trinajstić information content (AvgIpc) is 2.60. The maximum atomic E-state index is 10.4. The number of benzene rings is 1. The predicted octanol–water partition coefficient (Wildman–Crippen LogP) is 4.86. The smallest absolute Gasteiger partial charge is 0.106 e. The van der Waals surface area contributed by atoms with Gasteiger partial charge in [0.2, 0.25) is 0 Å². The molecule has 1 aromatic heterocycles. The number of aryl methyl sites for hydroxylation is 2. The Morgan fingerprint density at radius 3 is 2.53 bits per heavy atom. The van der Waals surface area contributed by atoms with E-state index >= 15 is 0 Å². The molecule has 0 amide bonds. The van der Waals surface area contributed by atoms with Crippen LogP contribution in [-0.2, 0) is 0 Å². The van der Waals surface area contributed by atoms with Crippen LogP contribution in [0.2, 0.25) is 5.02 Å². The van der Waals surface area contributed by atoms with Gasteiger partial charge < -0.3 is 5.11 Å². The van der Waals surface area contributed by atoms with Crippen LogP contribution < -0.4 is 0 Å². The fourth-order valence-electron chi connectivity index (χ4n) is 1.81. The van der Waals surface area contributed by atoms with Gasteiger partial charge in [-0.05, 0) is 43.7 Å². The van der Waals surface area contributed by atoms with Crippen molar-refractivity contribution in [3.8, 4) is 0 Å². The van der Waals surface area contributed by atoms with Crippen molar-refractivity contribution in [3.05, 3.63) is 54.6 Å². The van der Waals surface area contributed by atoms with Crippen molar-refractivity contribution in [1.29, 1.82) is 0 Å². The highest BCUT2D eigenvalue weighted by atomic mass is 79.9. The second-order valence-corrected chi connectivity index (χ2v) is 6.69. The van der Waals surface area contributed by atoms with Gasteiger partial charge in [-0.25, -0.2) is 0 Å². The van der Waals surface area contributed by atoms with Gasteiger partial charge in [0, 0.05) is 24.8 Å². The van der Waals surface area contributed by atoms with Crippen LogP contribution >= 0.6 is 38.9 Å². The second kappa shape index (κ2) is 5.11. The molecule has 0 aliphatic heterocycles. The molecule has 0 saturated heterocycles. The Hall–Kier alpha value is -0.350. The standard InChI is InChI=1S/C13H12BrClOS/c1-7-5-10(8(2)17-7)13(16)11-6-9(15)3-4-12(11)14/h3-6,13,16H,1-2H3. The summed E-state index contributed by atoms with van der Waals surface area (Å²) in [6.45, 7) is 4.07. The van der Waals surface area contributed by atoms with Gasteiger partial charge in [0.05, 0.1) is 0 Å². The van der Waals surface area contributed by atoms with Crippen molar-refractivity contribution >= 4 is 38.9 Å². The summed E-state index contributed by atoms with van der Waals surface area (Å²) in [6.07, 6.45) is -0.631. The van der Waals surface area contributed by atoms with Crippen molar-refractivity contribution in [2.24, 2.45) is 0 Å². The quantitative estimate of drug-likeness (QED) is 0.833. The summed E-state index contributed by atoms with van der Waals surface area (Å²) >= 11 is 11.1. The Morgan fingerprint density at radius 1 is 1.24 bits per heavy atom. The summed E-state index contributed by atoms with van der Waals surface area (Å²) in [5, 5.41) is 11.0. The van der Waals surface area contributed by atoms with E-state index in [2.05, 4.69) is 15.9 Å². The summed E-state index contributed by atoms with van der Waals surface area (Å²) in [5.41, 5.74) is 1.76. The molecule has 0 aliphatic carbocycles. The Balaban J connectivity index is 2.46. The monoisotopic (exact) mass is 330 g/mol. The van der Waals surface area contributed by atoms with Crippen LogP contribution in [0.3, 0.4) is 0 Å². The van der Waals surface area contributed by atoms with E-state index in [-0.39, 0.29) is 0 Å². The molecule has 0 saturated carbocycles. The van der Waals surface area contributed by atoms with Crippen molar-refractivity contribution in [3.63, 3.8) is 0 Å². The summed E-state index contributed by atoms with van der Waals surface area (Å²) in [4.78, 5) is 2.34. The fourth-order valence-corrected chi connectivity index (χ4v) is 3.41. The van der Waals surface area contributed by atoms with Gasteiger partial charge in [0.1, 0.15) is 6.10 Å². The van der Waals surface area contributed by atoms with Crippen LogP contribution in [0, 0.1) is 13.8 Å². The van der Waals surface area contributed by atoms with E-state index in [0.29, 0.717) is 5.02 Å². The first-order valence-electron chi connectivity index (χ1n) is 5.19. The molecule has 1 heterocycles. The van der Waals surface area contributed by atoms with E-state index in [9.17, 15) is 5.11 Å². The van der Waals surface area contributed by atoms with E-state index in [4.69, 9.17) is 11.6 Å². The molecule has 0 fully saturated rings. The molecule has 4 heteroatoms. The number of thiophene rings is 1. The molecule has 90 valence electrons. The molecule has 2 rings (SSSR count). The van der Waals surface area contributed by atoms with Crippen LogP contribution in [0.1, 0.15) is 27.0 Å². The predicted molar refractivity (Wildman–Crippen MR) is 77.0 cm³/mol. The van der Waals surface area contributed by atoms with Gasteiger partial charge in [-0.1, -0.05) is 27.5 Å². The normalized spacial score (nSPS) is 12.8. The molecular weight excluding hydrogens is 320 g/mol. The highest BCUT2D eigenvalue weighted by molar-refractivity contribution is 9.10. The molecule has 1 aromatic carbocycles. The number of aliphatic hydroxyl groups excluding tert-OH is 1. The van der Waals surface area contributed by atoms with Crippen molar-refractivity contribution in [1.82, 2.24) is 0 Å². The van der Waals surface area contributed by atoms with Crippen molar-refractivity contribution < 1.29 is 5.11 Å². The third kappa shape index (κ3) is 2.74. The van der Waals surface area contributed by atoms with Gasteiger partial charge in [-0.15, -0.1) is 11.3 Å². The first kappa shape index (κ1) is 13.1. The Labute approximate surface area is 118 Å². The lowest BCUT2D eigenvalue weighted by atomic mass is 10.0. The Morgan fingerprint density at radius 2 is 1.94 bits per heavy atom. The van der Waals surface area contributed by atoms with Crippen molar-refractivity contribution in [2.75, 3.05) is 0 Å². The van der Waals surface area contributed by atoms with Crippen LogP contribution in [-0.4, -0.2) is 5.11 Å². The van der Waals surface area contributed by atoms with Gasteiger partial charge in [-0.3, -0.25) is 0 Å². The Kier molecular flexibility index (Phi) is 3.93. The minimum atomic E-state index is -0.631. The largest absolute Gasteiger partial charge is 0.384 e. The van der Waals surface area contributed by atoms with Crippen LogP contribution in [0.15, 0.2) is 28.7 Å². The second-order valence-electron chi connectivity index (χ2n) is 3.94. The maximum absolute atomic E-state index is 10.4.